The van der Waals surface area contributed by atoms with Crippen molar-refractivity contribution < 1.29 is 18.0 Å². The van der Waals surface area contributed by atoms with Crippen molar-refractivity contribution in [3.63, 3.8) is 0 Å². The number of aromatic nitrogens is 3. The zero-order valence-corrected chi connectivity index (χ0v) is 17.2. The first-order chi connectivity index (χ1) is 14.4. The molecule has 1 saturated heterocycles. The van der Waals surface area contributed by atoms with Crippen LogP contribution in [0.15, 0.2) is 53.7 Å². The highest BCUT2D eigenvalue weighted by atomic mass is 32.2. The maximum absolute atomic E-state index is 13.2. The molecule has 1 aliphatic heterocycles. The lowest BCUT2D eigenvalue weighted by molar-refractivity contribution is -0.120. The summed E-state index contributed by atoms with van der Waals surface area (Å²) in [6.45, 7) is 1.67. The Labute approximate surface area is 173 Å². The highest BCUT2D eigenvalue weighted by Gasteiger charge is 2.37. The standard InChI is InChI=1S/C20H21N5O4S/c1-14(26)15-5-7-16(8-6-15)30(28,29)24-13-3-2-4-17(24)20(27)23-19-9-11-21-18-10-12-22-25(18)19/h5-12,17H,2-4,13H2,1H3,(H,23,27). The van der Waals surface area contributed by atoms with Gasteiger partial charge in [-0.15, -0.1) is 0 Å². The predicted octanol–water partition coefficient (Wildman–Crippen LogP) is 2.11. The molecule has 9 nitrogen and oxygen atoms in total. The minimum atomic E-state index is -3.90. The molecular formula is C20H21N5O4S. The second-order valence-electron chi connectivity index (χ2n) is 7.13. The predicted molar refractivity (Wildman–Crippen MR) is 110 cm³/mol. The Kier molecular flexibility index (Phi) is 5.35. The second kappa shape index (κ2) is 7.96. The van der Waals surface area contributed by atoms with Crippen molar-refractivity contribution in [1.82, 2.24) is 18.9 Å². The maximum atomic E-state index is 13.2. The number of carbonyl (C=O) groups is 2. The average Bonchev–Trinajstić information content (AvgIpc) is 3.24. The van der Waals surface area contributed by atoms with E-state index in [2.05, 4.69) is 15.4 Å². The van der Waals surface area contributed by atoms with Crippen LogP contribution in [0, 0.1) is 0 Å². The topological polar surface area (TPSA) is 114 Å². The van der Waals surface area contributed by atoms with Crippen molar-refractivity contribution in [1.29, 1.82) is 0 Å². The third kappa shape index (κ3) is 3.71. The molecule has 10 heteroatoms. The highest BCUT2D eigenvalue weighted by molar-refractivity contribution is 7.89. The van der Waals surface area contributed by atoms with E-state index in [1.807, 2.05) is 0 Å². The van der Waals surface area contributed by atoms with Crippen LogP contribution in [0.5, 0.6) is 0 Å². The molecule has 0 saturated carbocycles. The number of sulfonamides is 1. The molecule has 30 heavy (non-hydrogen) atoms. The van der Waals surface area contributed by atoms with Gasteiger partial charge in [0.1, 0.15) is 11.9 Å². The van der Waals surface area contributed by atoms with Gasteiger partial charge >= 0.3 is 0 Å². The summed E-state index contributed by atoms with van der Waals surface area (Å²) < 4.78 is 29.2. The summed E-state index contributed by atoms with van der Waals surface area (Å²) >= 11 is 0. The first kappa shape index (κ1) is 20.2. The molecule has 1 amide bonds. The Morgan fingerprint density at radius 3 is 2.57 bits per heavy atom. The minimum absolute atomic E-state index is 0.0607. The van der Waals surface area contributed by atoms with Crippen LogP contribution in [0.2, 0.25) is 0 Å². The average molecular weight is 427 g/mol. The molecular weight excluding hydrogens is 406 g/mol. The van der Waals surface area contributed by atoms with E-state index < -0.39 is 22.0 Å². The van der Waals surface area contributed by atoms with Crippen LogP contribution < -0.4 is 5.32 Å². The van der Waals surface area contributed by atoms with E-state index in [1.54, 1.807) is 24.5 Å². The molecule has 2 aromatic heterocycles. The van der Waals surface area contributed by atoms with Crippen LogP contribution in [-0.4, -0.2) is 51.6 Å². The number of carbonyl (C=O) groups excluding carboxylic acids is 2. The summed E-state index contributed by atoms with van der Waals surface area (Å²) in [5.41, 5.74) is 1.01. The van der Waals surface area contributed by atoms with Gasteiger partial charge in [-0.3, -0.25) is 9.59 Å². The SMILES string of the molecule is CC(=O)c1ccc(S(=O)(=O)N2CCCCC2C(=O)Nc2ccnc3ccnn23)cc1. The third-order valence-electron chi connectivity index (χ3n) is 5.17. The summed E-state index contributed by atoms with van der Waals surface area (Å²) in [4.78, 5) is 28.7. The Balaban J connectivity index is 1.61. The molecule has 3 aromatic rings. The quantitative estimate of drug-likeness (QED) is 0.624. The zero-order chi connectivity index (χ0) is 21.3. The molecule has 0 bridgehead atoms. The molecule has 4 rings (SSSR count). The summed E-state index contributed by atoms with van der Waals surface area (Å²) in [6, 6.07) is 8.27. The minimum Gasteiger partial charge on any atom is -0.309 e. The van der Waals surface area contributed by atoms with Gasteiger partial charge in [-0.1, -0.05) is 18.6 Å². The van der Waals surface area contributed by atoms with Gasteiger partial charge in [0, 0.05) is 24.4 Å². The number of amides is 1. The van der Waals surface area contributed by atoms with Crippen LogP contribution in [0.25, 0.3) is 5.65 Å². The number of nitrogens with one attached hydrogen (secondary N) is 1. The number of hydrogen-bond donors (Lipinski definition) is 1. The number of anilines is 1. The van der Waals surface area contributed by atoms with Crippen LogP contribution in [0.3, 0.4) is 0 Å². The second-order valence-corrected chi connectivity index (χ2v) is 9.02. The van der Waals surface area contributed by atoms with Gasteiger partial charge in [-0.05, 0) is 38.0 Å². The number of nitrogens with zero attached hydrogens (tertiary/aromatic N) is 4. The van der Waals surface area contributed by atoms with Crippen molar-refractivity contribution in [3.8, 4) is 0 Å². The van der Waals surface area contributed by atoms with E-state index in [0.717, 1.165) is 6.42 Å². The highest BCUT2D eigenvalue weighted by Crippen LogP contribution is 2.26. The summed E-state index contributed by atoms with van der Waals surface area (Å²) in [6.07, 6.45) is 4.97. The molecule has 1 fully saturated rings. The number of rotatable bonds is 5. The molecule has 0 spiro atoms. The van der Waals surface area contributed by atoms with Gasteiger partial charge in [-0.2, -0.15) is 13.9 Å². The van der Waals surface area contributed by atoms with Gasteiger partial charge in [0.15, 0.2) is 11.4 Å². The van der Waals surface area contributed by atoms with E-state index in [-0.39, 0.29) is 17.2 Å². The van der Waals surface area contributed by atoms with Gasteiger partial charge in [0.2, 0.25) is 15.9 Å². The number of piperidine rings is 1. The molecule has 1 atom stereocenters. The molecule has 3 heterocycles. The number of Topliss-reactive ketones (excluding diaryl/α,β-unsaturated/α-hetero) is 1. The van der Waals surface area contributed by atoms with Crippen LogP contribution in [0.4, 0.5) is 5.82 Å². The van der Waals surface area contributed by atoms with Crippen LogP contribution >= 0.6 is 0 Å². The van der Waals surface area contributed by atoms with Crippen molar-refractivity contribution >= 4 is 33.2 Å². The number of fused-ring (bicyclic) bond motifs is 1. The van der Waals surface area contributed by atoms with Crippen molar-refractivity contribution in [2.45, 2.75) is 37.1 Å². The lowest BCUT2D eigenvalue weighted by atomic mass is 10.0. The zero-order valence-electron chi connectivity index (χ0n) is 16.4. The lowest BCUT2D eigenvalue weighted by Gasteiger charge is -2.33. The van der Waals surface area contributed by atoms with E-state index in [4.69, 9.17) is 0 Å². The Hall–Kier alpha value is -3.11. The van der Waals surface area contributed by atoms with Gasteiger partial charge in [0.25, 0.3) is 0 Å². The summed E-state index contributed by atoms with van der Waals surface area (Å²) in [5, 5.41) is 6.92. The Morgan fingerprint density at radius 1 is 1.07 bits per heavy atom. The molecule has 0 radical (unpaired) electrons. The first-order valence-corrected chi connectivity index (χ1v) is 11.0. The van der Waals surface area contributed by atoms with Crippen LogP contribution in [0.1, 0.15) is 36.5 Å². The fourth-order valence-corrected chi connectivity index (χ4v) is 5.25. The van der Waals surface area contributed by atoms with Crippen molar-refractivity contribution in [2.75, 3.05) is 11.9 Å². The van der Waals surface area contributed by atoms with Crippen molar-refractivity contribution in [2.24, 2.45) is 0 Å². The monoisotopic (exact) mass is 427 g/mol. The molecule has 1 unspecified atom stereocenters. The first-order valence-electron chi connectivity index (χ1n) is 9.60. The van der Waals surface area contributed by atoms with E-state index >= 15 is 0 Å². The number of benzene rings is 1. The third-order valence-corrected chi connectivity index (χ3v) is 7.09. The summed E-state index contributed by atoms with van der Waals surface area (Å²) in [5.74, 6) is -0.137. The maximum Gasteiger partial charge on any atom is 0.243 e. The van der Waals surface area contributed by atoms with Gasteiger partial charge in [-0.25, -0.2) is 13.4 Å². The number of ketones is 1. The van der Waals surface area contributed by atoms with Crippen LogP contribution in [-0.2, 0) is 14.8 Å². The lowest BCUT2D eigenvalue weighted by Crippen LogP contribution is -2.50. The van der Waals surface area contributed by atoms with Crippen molar-refractivity contribution in [3.05, 3.63) is 54.4 Å². The summed E-state index contributed by atoms with van der Waals surface area (Å²) in [7, 11) is -3.90. The van der Waals surface area contributed by atoms with E-state index in [9.17, 15) is 18.0 Å². The van der Waals surface area contributed by atoms with Gasteiger partial charge in [0.05, 0.1) is 11.1 Å². The molecule has 1 aliphatic rings. The molecule has 1 N–H and O–H groups in total. The Bertz CT molecular complexity index is 1200. The Morgan fingerprint density at radius 2 is 1.83 bits per heavy atom. The van der Waals surface area contributed by atoms with E-state index in [0.29, 0.717) is 29.9 Å². The van der Waals surface area contributed by atoms with E-state index in [1.165, 1.54) is 40.0 Å². The molecule has 156 valence electrons. The molecule has 1 aromatic carbocycles. The largest absolute Gasteiger partial charge is 0.309 e. The molecule has 0 aliphatic carbocycles. The fourth-order valence-electron chi connectivity index (χ4n) is 3.59. The number of hydrogen-bond acceptors (Lipinski definition) is 6. The fraction of sp³-hybridized carbons (Fsp3) is 0.300. The normalized spacial score (nSPS) is 17.7. The van der Waals surface area contributed by atoms with Gasteiger partial charge < -0.3 is 5.32 Å². The smallest absolute Gasteiger partial charge is 0.243 e.